The van der Waals surface area contributed by atoms with Crippen molar-refractivity contribution in [1.82, 2.24) is 5.32 Å². The van der Waals surface area contributed by atoms with Crippen LogP contribution in [0, 0.1) is 5.41 Å². The van der Waals surface area contributed by atoms with Crippen LogP contribution in [0.2, 0.25) is 0 Å². The lowest BCUT2D eigenvalue weighted by molar-refractivity contribution is -0.146. The van der Waals surface area contributed by atoms with Gasteiger partial charge >= 0.3 is 11.9 Å². The van der Waals surface area contributed by atoms with Gasteiger partial charge < -0.3 is 31.7 Å². The first-order valence-corrected chi connectivity index (χ1v) is 12.1. The van der Waals surface area contributed by atoms with Gasteiger partial charge in [0.2, 0.25) is 0 Å². The molecule has 0 aromatic heterocycles. The fraction of sp³-hybridized carbons (Fsp3) is 0.870. The summed E-state index contributed by atoms with van der Waals surface area (Å²) in [5, 5.41) is 25.5. The molecular weight excluding hydrogens is 412 g/mol. The number of unbranched alkanes of at least 4 members (excludes halogenated alkanes) is 11. The fourth-order valence-electron chi connectivity index (χ4n) is 2.89. The standard InChI is InChI=1S/C20H42N4O2.C3H6O3/c1-2-3-4-5-6-7-8-9-10-11-12-13-17-26-19(25)18(21)15-14-16-24-20(22)23;1-2(4)3(5)6/h18H,2-17,21H2,1H3,(H4,22,23,24);2,4H,1H3,(H,5,6)/t18-;/m0./s1. The number of esters is 1. The molecule has 0 aliphatic heterocycles. The van der Waals surface area contributed by atoms with E-state index in [1.807, 2.05) is 0 Å². The largest absolute Gasteiger partial charge is 0.479 e. The second-order valence-electron chi connectivity index (χ2n) is 8.16. The molecule has 9 heteroatoms. The van der Waals surface area contributed by atoms with E-state index in [1.165, 1.54) is 71.1 Å². The van der Waals surface area contributed by atoms with Crippen LogP contribution in [0.4, 0.5) is 0 Å². The predicted molar refractivity (Wildman–Crippen MR) is 128 cm³/mol. The summed E-state index contributed by atoms with van der Waals surface area (Å²) in [7, 11) is 0. The Hall–Kier alpha value is -1.87. The number of carbonyl (C=O) groups excluding carboxylic acids is 1. The van der Waals surface area contributed by atoms with E-state index in [2.05, 4.69) is 12.2 Å². The van der Waals surface area contributed by atoms with Crippen molar-refractivity contribution < 1.29 is 24.5 Å². The summed E-state index contributed by atoms with van der Waals surface area (Å²) in [6, 6.07) is -0.582. The predicted octanol–water partition coefficient (Wildman–Crippen LogP) is 3.27. The summed E-state index contributed by atoms with van der Waals surface area (Å²) >= 11 is 0. The molecule has 0 radical (unpaired) electrons. The quantitative estimate of drug-likeness (QED) is 0.0737. The first-order chi connectivity index (χ1) is 15.2. The van der Waals surface area contributed by atoms with Gasteiger partial charge in [0.15, 0.2) is 5.96 Å². The molecule has 9 nitrogen and oxygen atoms in total. The van der Waals surface area contributed by atoms with Gasteiger partial charge in [-0.05, 0) is 26.2 Å². The first-order valence-electron chi connectivity index (χ1n) is 12.1. The summed E-state index contributed by atoms with van der Waals surface area (Å²) < 4.78 is 5.22. The number of nitrogens with one attached hydrogen (secondary N) is 2. The van der Waals surface area contributed by atoms with E-state index < -0.39 is 18.1 Å². The highest BCUT2D eigenvalue weighted by Crippen LogP contribution is 2.12. The molecule has 0 heterocycles. The highest BCUT2D eigenvalue weighted by Gasteiger charge is 2.14. The Kier molecular flexibility index (Phi) is 24.0. The summed E-state index contributed by atoms with van der Waals surface area (Å²) in [4.78, 5) is 21.2. The fourth-order valence-corrected chi connectivity index (χ4v) is 2.89. The minimum atomic E-state index is -1.23. The van der Waals surface area contributed by atoms with E-state index in [1.54, 1.807) is 0 Å². The Morgan fingerprint density at radius 2 is 1.38 bits per heavy atom. The summed E-state index contributed by atoms with van der Waals surface area (Å²) in [6.45, 7) is 4.47. The van der Waals surface area contributed by atoms with Crippen LogP contribution in [-0.2, 0) is 14.3 Å². The number of hydrogen-bond donors (Lipinski definition) is 6. The van der Waals surface area contributed by atoms with Crippen molar-refractivity contribution in [2.24, 2.45) is 11.5 Å². The number of nitrogens with two attached hydrogens (primary N) is 2. The number of hydrogen-bond acceptors (Lipinski definition) is 6. The number of aliphatic hydroxyl groups excluding tert-OH is 1. The van der Waals surface area contributed by atoms with E-state index in [-0.39, 0.29) is 11.9 Å². The molecule has 0 rings (SSSR count). The lowest BCUT2D eigenvalue weighted by Crippen LogP contribution is -2.35. The van der Waals surface area contributed by atoms with Gasteiger partial charge in [-0.3, -0.25) is 10.2 Å². The van der Waals surface area contributed by atoms with E-state index >= 15 is 0 Å². The second-order valence-corrected chi connectivity index (χ2v) is 8.16. The molecule has 0 aromatic carbocycles. The molecule has 0 fully saturated rings. The monoisotopic (exact) mass is 460 g/mol. The molecule has 1 unspecified atom stereocenters. The minimum absolute atomic E-state index is 0.0619. The maximum atomic E-state index is 11.7. The van der Waals surface area contributed by atoms with Crippen LogP contribution in [-0.4, -0.2) is 53.4 Å². The van der Waals surface area contributed by atoms with Gasteiger partial charge in [-0.2, -0.15) is 0 Å². The molecule has 0 amide bonds. The van der Waals surface area contributed by atoms with E-state index in [0.717, 1.165) is 12.8 Å². The van der Waals surface area contributed by atoms with E-state index in [9.17, 15) is 9.59 Å². The topological polar surface area (TPSA) is 172 Å². The third kappa shape index (κ3) is 26.2. The minimum Gasteiger partial charge on any atom is -0.479 e. The molecule has 0 spiro atoms. The SMILES string of the molecule is CC(O)C(=O)O.CCCCCCCCCCCCCCOC(=O)[C@@H](N)CCCNC(=N)N. The molecule has 0 aliphatic carbocycles. The molecule has 2 atom stereocenters. The molecule has 0 saturated carbocycles. The Morgan fingerprint density at radius 3 is 1.78 bits per heavy atom. The third-order valence-corrected chi connectivity index (χ3v) is 4.91. The average Bonchev–Trinajstić information content (AvgIpc) is 2.74. The normalized spacial score (nSPS) is 12.2. The van der Waals surface area contributed by atoms with Crippen molar-refractivity contribution in [3.63, 3.8) is 0 Å². The molecule has 0 aliphatic rings. The first kappa shape index (κ1) is 32.3. The van der Waals surface area contributed by atoms with E-state index in [0.29, 0.717) is 26.0 Å². The van der Waals surface area contributed by atoms with Gasteiger partial charge in [0.05, 0.1) is 6.61 Å². The number of ether oxygens (including phenoxy) is 1. The van der Waals surface area contributed by atoms with Crippen molar-refractivity contribution in [2.45, 2.75) is 116 Å². The van der Waals surface area contributed by atoms with Crippen LogP contribution >= 0.6 is 0 Å². The smallest absolute Gasteiger partial charge is 0.332 e. The number of rotatable bonds is 19. The van der Waals surface area contributed by atoms with Crippen LogP contribution in [0.15, 0.2) is 0 Å². The Morgan fingerprint density at radius 1 is 0.938 bits per heavy atom. The number of aliphatic carboxylic acids is 1. The van der Waals surface area contributed by atoms with Crippen LogP contribution in [0.1, 0.15) is 104 Å². The summed E-state index contributed by atoms with van der Waals surface area (Å²) in [5.41, 5.74) is 11.0. The molecule has 190 valence electrons. The maximum Gasteiger partial charge on any atom is 0.332 e. The molecule has 0 aromatic rings. The number of guanidine groups is 1. The molecule has 0 bridgehead atoms. The molecule has 8 N–H and O–H groups in total. The molecule has 0 saturated heterocycles. The zero-order valence-electron chi connectivity index (χ0n) is 20.2. The summed E-state index contributed by atoms with van der Waals surface area (Å²) in [6.07, 6.45) is 15.5. The Labute approximate surface area is 194 Å². The van der Waals surface area contributed by atoms with Gasteiger partial charge in [-0.25, -0.2) is 4.79 Å². The van der Waals surface area contributed by atoms with Crippen molar-refractivity contribution in [3.05, 3.63) is 0 Å². The van der Waals surface area contributed by atoms with Crippen molar-refractivity contribution in [2.75, 3.05) is 13.2 Å². The number of carboxylic acids is 1. The zero-order valence-corrected chi connectivity index (χ0v) is 20.2. The van der Waals surface area contributed by atoms with Crippen LogP contribution in [0.25, 0.3) is 0 Å². The number of aliphatic hydroxyl groups is 1. The lowest BCUT2D eigenvalue weighted by atomic mass is 10.1. The van der Waals surface area contributed by atoms with Gasteiger partial charge in [-0.1, -0.05) is 77.6 Å². The summed E-state index contributed by atoms with van der Waals surface area (Å²) in [5.74, 6) is -1.57. The molecule has 32 heavy (non-hydrogen) atoms. The van der Waals surface area contributed by atoms with Crippen molar-refractivity contribution >= 4 is 17.9 Å². The van der Waals surface area contributed by atoms with Crippen LogP contribution < -0.4 is 16.8 Å². The average molecular weight is 461 g/mol. The Bertz CT molecular complexity index is 475. The molecular formula is C23H48N4O5. The number of carboxylic acid groups (broad SMARTS) is 1. The van der Waals surface area contributed by atoms with Gasteiger partial charge in [0.25, 0.3) is 0 Å². The second kappa shape index (κ2) is 23.8. The van der Waals surface area contributed by atoms with Crippen molar-refractivity contribution in [3.8, 4) is 0 Å². The van der Waals surface area contributed by atoms with Crippen LogP contribution in [0.3, 0.4) is 0 Å². The Balaban J connectivity index is 0. The van der Waals surface area contributed by atoms with Gasteiger partial charge in [0.1, 0.15) is 12.1 Å². The number of carbonyl (C=O) groups is 2. The zero-order chi connectivity index (χ0) is 24.6. The van der Waals surface area contributed by atoms with Crippen molar-refractivity contribution in [1.29, 1.82) is 5.41 Å². The van der Waals surface area contributed by atoms with Gasteiger partial charge in [-0.15, -0.1) is 0 Å². The maximum absolute atomic E-state index is 11.7. The third-order valence-electron chi connectivity index (χ3n) is 4.91. The van der Waals surface area contributed by atoms with Crippen LogP contribution in [0.5, 0.6) is 0 Å². The highest BCUT2D eigenvalue weighted by atomic mass is 16.5. The highest BCUT2D eigenvalue weighted by molar-refractivity contribution is 5.75. The van der Waals surface area contributed by atoms with Gasteiger partial charge in [0, 0.05) is 6.54 Å². The lowest BCUT2D eigenvalue weighted by Gasteiger charge is -2.11. The van der Waals surface area contributed by atoms with E-state index in [4.69, 9.17) is 31.8 Å².